The van der Waals surface area contributed by atoms with Crippen molar-refractivity contribution in [1.82, 2.24) is 14.5 Å². The number of amides is 1. The van der Waals surface area contributed by atoms with E-state index in [0.717, 1.165) is 23.2 Å². The molecule has 0 unspecified atom stereocenters. The molecule has 0 radical (unpaired) electrons. The van der Waals surface area contributed by atoms with Crippen LogP contribution in [0.2, 0.25) is 0 Å². The average molecular weight is 431 g/mol. The smallest absolute Gasteiger partial charge is 0.416 e. The summed E-state index contributed by atoms with van der Waals surface area (Å²) >= 11 is 0. The van der Waals surface area contributed by atoms with Gasteiger partial charge in [-0.25, -0.2) is 4.98 Å². The van der Waals surface area contributed by atoms with Crippen molar-refractivity contribution in [2.24, 2.45) is 0 Å². The van der Waals surface area contributed by atoms with Crippen LogP contribution in [0, 0.1) is 13.8 Å². The molecule has 1 aliphatic heterocycles. The molecule has 1 saturated heterocycles. The summed E-state index contributed by atoms with van der Waals surface area (Å²) in [6.45, 7) is 4.94. The SMILES string of the molecule is Cc1cc(C(=O)N2CCC(c3nccn3Cc3ccccc3C(F)(F)F)CC2)oc1C. The Bertz CT molecular complexity index is 1060. The number of aryl methyl sites for hydroxylation is 2. The van der Waals surface area contributed by atoms with E-state index in [0.29, 0.717) is 31.7 Å². The summed E-state index contributed by atoms with van der Waals surface area (Å²) < 4.78 is 47.4. The zero-order valence-corrected chi connectivity index (χ0v) is 17.4. The molecule has 3 aromatic rings. The summed E-state index contributed by atoms with van der Waals surface area (Å²) in [6.07, 6.45) is 0.335. The van der Waals surface area contributed by atoms with Gasteiger partial charge < -0.3 is 13.9 Å². The second-order valence-electron chi connectivity index (χ2n) is 7.98. The monoisotopic (exact) mass is 431 g/mol. The quantitative estimate of drug-likeness (QED) is 0.572. The molecule has 4 rings (SSSR count). The van der Waals surface area contributed by atoms with Crippen molar-refractivity contribution in [3.63, 3.8) is 0 Å². The van der Waals surface area contributed by atoms with E-state index in [-0.39, 0.29) is 23.9 Å². The lowest BCUT2D eigenvalue weighted by atomic mass is 9.95. The van der Waals surface area contributed by atoms with Gasteiger partial charge in [0, 0.05) is 37.9 Å². The number of carbonyl (C=O) groups excluding carboxylic acids is 1. The fraction of sp³-hybridized carbons (Fsp3) is 0.391. The van der Waals surface area contributed by atoms with Crippen LogP contribution in [0.3, 0.4) is 0 Å². The molecule has 1 amide bonds. The van der Waals surface area contributed by atoms with Gasteiger partial charge in [-0.05, 0) is 49.9 Å². The van der Waals surface area contributed by atoms with Crippen molar-refractivity contribution >= 4 is 5.91 Å². The van der Waals surface area contributed by atoms with Crippen LogP contribution in [0.5, 0.6) is 0 Å². The van der Waals surface area contributed by atoms with Gasteiger partial charge in [-0.15, -0.1) is 0 Å². The highest BCUT2D eigenvalue weighted by atomic mass is 19.4. The number of halogens is 3. The lowest BCUT2D eigenvalue weighted by Crippen LogP contribution is -2.38. The first-order valence-corrected chi connectivity index (χ1v) is 10.3. The number of alkyl halides is 3. The first-order chi connectivity index (χ1) is 14.7. The van der Waals surface area contributed by atoms with Crippen LogP contribution < -0.4 is 0 Å². The molecule has 0 spiro atoms. The minimum atomic E-state index is -4.40. The minimum Gasteiger partial charge on any atom is -0.456 e. The first-order valence-electron chi connectivity index (χ1n) is 10.3. The molecule has 0 N–H and O–H groups in total. The van der Waals surface area contributed by atoms with Gasteiger partial charge >= 0.3 is 6.18 Å². The zero-order chi connectivity index (χ0) is 22.2. The summed E-state index contributed by atoms with van der Waals surface area (Å²) in [4.78, 5) is 18.9. The van der Waals surface area contributed by atoms with E-state index in [9.17, 15) is 18.0 Å². The van der Waals surface area contributed by atoms with Crippen LogP contribution in [-0.2, 0) is 12.7 Å². The molecule has 164 valence electrons. The number of hydrogen-bond donors (Lipinski definition) is 0. The second-order valence-corrected chi connectivity index (χ2v) is 7.98. The van der Waals surface area contributed by atoms with E-state index in [1.165, 1.54) is 12.1 Å². The fourth-order valence-corrected chi connectivity index (χ4v) is 4.11. The molecule has 3 heterocycles. The summed E-state index contributed by atoms with van der Waals surface area (Å²) in [6, 6.07) is 7.38. The topological polar surface area (TPSA) is 51.3 Å². The number of carbonyl (C=O) groups is 1. The number of hydrogen-bond acceptors (Lipinski definition) is 3. The Hall–Kier alpha value is -3.03. The standard InChI is InChI=1S/C23H24F3N3O2/c1-15-13-20(31-16(15)2)22(30)28-10-7-17(8-11-28)21-27-9-12-29(21)14-18-5-3-4-6-19(18)23(24,25)26/h3-6,9,12-13,17H,7-8,10-11,14H2,1-2H3. The van der Waals surface area contributed by atoms with Crippen LogP contribution in [0.25, 0.3) is 0 Å². The molecular formula is C23H24F3N3O2. The second kappa shape index (κ2) is 8.24. The van der Waals surface area contributed by atoms with Gasteiger partial charge in [-0.2, -0.15) is 13.2 Å². The van der Waals surface area contributed by atoms with Crippen molar-refractivity contribution in [2.75, 3.05) is 13.1 Å². The largest absolute Gasteiger partial charge is 0.456 e. The van der Waals surface area contributed by atoms with Crippen molar-refractivity contribution in [2.45, 2.75) is 45.3 Å². The van der Waals surface area contributed by atoms with Crippen molar-refractivity contribution in [3.05, 3.63) is 76.8 Å². The van der Waals surface area contributed by atoms with Gasteiger partial charge in [0.2, 0.25) is 0 Å². The van der Waals surface area contributed by atoms with Crippen molar-refractivity contribution in [3.8, 4) is 0 Å². The molecule has 0 bridgehead atoms. The molecule has 0 saturated carbocycles. The Morgan fingerprint density at radius 1 is 1.19 bits per heavy atom. The summed E-state index contributed by atoms with van der Waals surface area (Å²) in [7, 11) is 0. The summed E-state index contributed by atoms with van der Waals surface area (Å²) in [5.41, 5.74) is 0.531. The minimum absolute atomic E-state index is 0.0807. The highest BCUT2D eigenvalue weighted by Gasteiger charge is 2.33. The Balaban J connectivity index is 1.45. The average Bonchev–Trinajstić information content (AvgIpc) is 3.33. The summed E-state index contributed by atoms with van der Waals surface area (Å²) in [5, 5.41) is 0. The predicted octanol–water partition coefficient (Wildman–Crippen LogP) is 5.18. The van der Waals surface area contributed by atoms with Crippen molar-refractivity contribution < 1.29 is 22.4 Å². The molecule has 0 atom stereocenters. The van der Waals surface area contributed by atoms with Gasteiger partial charge in [0.05, 0.1) is 5.56 Å². The lowest BCUT2D eigenvalue weighted by molar-refractivity contribution is -0.138. The maximum Gasteiger partial charge on any atom is 0.416 e. The number of imidazole rings is 1. The maximum atomic E-state index is 13.3. The molecule has 1 aromatic carbocycles. The predicted molar refractivity (Wildman–Crippen MR) is 109 cm³/mol. The van der Waals surface area contributed by atoms with E-state index in [1.54, 1.807) is 34.0 Å². The van der Waals surface area contributed by atoms with Crippen molar-refractivity contribution in [1.29, 1.82) is 0 Å². The van der Waals surface area contributed by atoms with E-state index in [4.69, 9.17) is 4.42 Å². The normalized spacial score (nSPS) is 15.5. The third-order valence-corrected chi connectivity index (χ3v) is 5.94. The molecule has 5 nitrogen and oxygen atoms in total. The molecule has 31 heavy (non-hydrogen) atoms. The molecule has 1 aliphatic rings. The lowest BCUT2D eigenvalue weighted by Gasteiger charge is -2.31. The number of likely N-dealkylation sites (tertiary alicyclic amines) is 1. The first kappa shape index (κ1) is 21.2. The third kappa shape index (κ3) is 4.38. The van der Waals surface area contributed by atoms with E-state index in [1.807, 2.05) is 13.8 Å². The number of nitrogens with zero attached hydrogens (tertiary/aromatic N) is 3. The molecular weight excluding hydrogens is 407 g/mol. The van der Waals surface area contributed by atoms with E-state index >= 15 is 0 Å². The molecule has 0 aliphatic carbocycles. The highest BCUT2D eigenvalue weighted by molar-refractivity contribution is 5.91. The number of benzene rings is 1. The van der Waals surface area contributed by atoms with Crippen LogP contribution in [0.1, 0.15) is 57.6 Å². The van der Waals surface area contributed by atoms with Gasteiger partial charge in [-0.1, -0.05) is 18.2 Å². The van der Waals surface area contributed by atoms with Gasteiger partial charge in [0.15, 0.2) is 5.76 Å². The van der Waals surface area contributed by atoms with Crippen LogP contribution >= 0.6 is 0 Å². The number of aromatic nitrogens is 2. The Kier molecular flexibility index (Phi) is 5.64. The van der Waals surface area contributed by atoms with Crippen LogP contribution in [0.4, 0.5) is 13.2 Å². The number of rotatable bonds is 4. The molecule has 1 fully saturated rings. The van der Waals surface area contributed by atoms with Gasteiger partial charge in [0.1, 0.15) is 11.6 Å². The Morgan fingerprint density at radius 2 is 1.90 bits per heavy atom. The Morgan fingerprint density at radius 3 is 2.55 bits per heavy atom. The summed E-state index contributed by atoms with van der Waals surface area (Å²) in [5.74, 6) is 1.79. The zero-order valence-electron chi connectivity index (χ0n) is 17.4. The molecule has 8 heteroatoms. The fourth-order valence-electron chi connectivity index (χ4n) is 4.11. The van der Waals surface area contributed by atoms with Crippen LogP contribution in [0.15, 0.2) is 47.1 Å². The molecule has 2 aromatic heterocycles. The maximum absolute atomic E-state index is 13.3. The third-order valence-electron chi connectivity index (χ3n) is 5.94. The van der Waals surface area contributed by atoms with E-state index in [2.05, 4.69) is 4.98 Å². The van der Waals surface area contributed by atoms with Gasteiger partial charge in [0.25, 0.3) is 5.91 Å². The van der Waals surface area contributed by atoms with E-state index < -0.39 is 11.7 Å². The number of piperidine rings is 1. The number of furan rings is 1. The van der Waals surface area contributed by atoms with Crippen LogP contribution in [-0.4, -0.2) is 33.4 Å². The highest BCUT2D eigenvalue weighted by Crippen LogP contribution is 2.33. The van der Waals surface area contributed by atoms with Gasteiger partial charge in [-0.3, -0.25) is 4.79 Å². The Labute approximate surface area is 178 Å².